The van der Waals surface area contributed by atoms with Gasteiger partial charge in [-0.3, -0.25) is 9.59 Å². The van der Waals surface area contributed by atoms with E-state index in [2.05, 4.69) is 11.4 Å². The predicted molar refractivity (Wildman–Crippen MR) is 127 cm³/mol. The molecule has 2 aromatic carbocycles. The van der Waals surface area contributed by atoms with E-state index in [9.17, 15) is 9.59 Å². The molecule has 0 spiro atoms. The van der Waals surface area contributed by atoms with Crippen LogP contribution in [0.15, 0.2) is 54.6 Å². The number of para-hydroxylation sites is 1. The van der Waals surface area contributed by atoms with Gasteiger partial charge in [-0.2, -0.15) is 0 Å². The van der Waals surface area contributed by atoms with Gasteiger partial charge in [0.2, 0.25) is 11.8 Å². The number of hydrogen-bond acceptors (Lipinski definition) is 3. The molecule has 1 aliphatic carbocycles. The van der Waals surface area contributed by atoms with E-state index < -0.39 is 6.04 Å². The van der Waals surface area contributed by atoms with Gasteiger partial charge in [0.1, 0.15) is 11.8 Å². The molecular formula is C27H36N2O3. The molecule has 32 heavy (non-hydrogen) atoms. The molecule has 1 aliphatic rings. The lowest BCUT2D eigenvalue weighted by atomic mass is 10.1. The number of carbonyl (C=O) groups excluding carboxylic acids is 2. The summed E-state index contributed by atoms with van der Waals surface area (Å²) >= 11 is 0. The Bertz CT molecular complexity index is 862. The lowest BCUT2D eigenvalue weighted by Gasteiger charge is -2.31. The minimum absolute atomic E-state index is 0.00316. The Morgan fingerprint density at radius 3 is 2.53 bits per heavy atom. The fourth-order valence-electron chi connectivity index (χ4n) is 4.37. The van der Waals surface area contributed by atoms with Crippen LogP contribution in [0.3, 0.4) is 0 Å². The molecule has 2 amide bonds. The van der Waals surface area contributed by atoms with Gasteiger partial charge in [0, 0.05) is 19.0 Å². The molecule has 0 aromatic heterocycles. The smallest absolute Gasteiger partial charge is 0.243 e. The Morgan fingerprint density at radius 2 is 1.84 bits per heavy atom. The number of benzene rings is 2. The number of hydrogen-bond donors (Lipinski definition) is 1. The van der Waals surface area contributed by atoms with Gasteiger partial charge in [0.05, 0.1) is 6.61 Å². The predicted octanol–water partition coefficient (Wildman–Crippen LogP) is 5.02. The van der Waals surface area contributed by atoms with Crippen LogP contribution >= 0.6 is 0 Å². The Kier molecular flexibility index (Phi) is 9.14. The van der Waals surface area contributed by atoms with Gasteiger partial charge in [-0.05, 0) is 50.3 Å². The van der Waals surface area contributed by atoms with Crippen molar-refractivity contribution in [3.05, 3.63) is 65.7 Å². The van der Waals surface area contributed by atoms with Crippen LogP contribution in [0.2, 0.25) is 0 Å². The highest BCUT2D eigenvalue weighted by Crippen LogP contribution is 2.20. The third-order valence-electron chi connectivity index (χ3n) is 6.07. The summed E-state index contributed by atoms with van der Waals surface area (Å²) in [4.78, 5) is 28.2. The molecule has 1 unspecified atom stereocenters. The second-order valence-electron chi connectivity index (χ2n) is 8.69. The quantitative estimate of drug-likeness (QED) is 0.503. The monoisotopic (exact) mass is 436 g/mol. The molecule has 0 radical (unpaired) electrons. The van der Waals surface area contributed by atoms with Crippen molar-refractivity contribution in [3.8, 4) is 5.75 Å². The minimum atomic E-state index is -0.460. The number of amides is 2. The van der Waals surface area contributed by atoms with E-state index in [1.54, 1.807) is 4.90 Å². The Hall–Kier alpha value is -2.82. The first-order valence-electron chi connectivity index (χ1n) is 11.9. The largest absolute Gasteiger partial charge is 0.494 e. The number of nitrogens with one attached hydrogen (secondary N) is 1. The van der Waals surface area contributed by atoms with Gasteiger partial charge in [-0.1, -0.05) is 67.8 Å². The lowest BCUT2D eigenvalue weighted by molar-refractivity contribution is -0.141. The van der Waals surface area contributed by atoms with E-state index in [0.717, 1.165) is 42.6 Å². The molecular weight excluding hydrogens is 400 g/mol. The van der Waals surface area contributed by atoms with E-state index in [1.165, 1.54) is 0 Å². The number of carbonyl (C=O) groups is 2. The minimum Gasteiger partial charge on any atom is -0.494 e. The SMILES string of the molecule is CCC(C(=O)NC1CCCC1)N(Cc1cccc(C)c1)C(=O)CCCOc1ccccc1. The first-order valence-corrected chi connectivity index (χ1v) is 11.9. The van der Waals surface area contributed by atoms with Crippen LogP contribution in [0, 0.1) is 6.92 Å². The molecule has 172 valence electrons. The molecule has 0 bridgehead atoms. The van der Waals surface area contributed by atoms with Crippen LogP contribution in [-0.2, 0) is 16.1 Å². The first kappa shape index (κ1) is 23.8. The average Bonchev–Trinajstić information content (AvgIpc) is 3.30. The summed E-state index contributed by atoms with van der Waals surface area (Å²) in [6, 6.07) is 17.6. The third-order valence-corrected chi connectivity index (χ3v) is 6.07. The van der Waals surface area contributed by atoms with Crippen molar-refractivity contribution in [2.24, 2.45) is 0 Å². The van der Waals surface area contributed by atoms with Crippen molar-refractivity contribution in [2.45, 2.75) is 77.4 Å². The maximum Gasteiger partial charge on any atom is 0.243 e. The average molecular weight is 437 g/mol. The van der Waals surface area contributed by atoms with E-state index >= 15 is 0 Å². The van der Waals surface area contributed by atoms with Gasteiger partial charge >= 0.3 is 0 Å². The van der Waals surface area contributed by atoms with Crippen LogP contribution in [0.5, 0.6) is 5.75 Å². The zero-order chi connectivity index (χ0) is 22.8. The zero-order valence-electron chi connectivity index (χ0n) is 19.4. The molecule has 0 heterocycles. The molecule has 1 fully saturated rings. The van der Waals surface area contributed by atoms with E-state index in [-0.39, 0.29) is 17.9 Å². The van der Waals surface area contributed by atoms with Gasteiger partial charge in [-0.25, -0.2) is 0 Å². The Labute approximate surface area is 192 Å². The van der Waals surface area contributed by atoms with Crippen LogP contribution in [0.1, 0.15) is 63.0 Å². The van der Waals surface area contributed by atoms with Crippen molar-refractivity contribution in [1.82, 2.24) is 10.2 Å². The third kappa shape index (κ3) is 7.11. The zero-order valence-corrected chi connectivity index (χ0v) is 19.4. The van der Waals surface area contributed by atoms with E-state index in [0.29, 0.717) is 32.4 Å². The molecule has 1 N–H and O–H groups in total. The summed E-state index contributed by atoms with van der Waals surface area (Å²) in [6.45, 7) is 4.93. The summed E-state index contributed by atoms with van der Waals surface area (Å²) in [5.74, 6) is 0.775. The number of aryl methyl sites for hydroxylation is 1. The molecule has 2 aromatic rings. The summed E-state index contributed by atoms with van der Waals surface area (Å²) in [5.41, 5.74) is 2.20. The highest BCUT2D eigenvalue weighted by Gasteiger charge is 2.30. The number of ether oxygens (including phenoxy) is 1. The van der Waals surface area contributed by atoms with Gasteiger partial charge < -0.3 is 15.0 Å². The van der Waals surface area contributed by atoms with Crippen molar-refractivity contribution in [3.63, 3.8) is 0 Å². The van der Waals surface area contributed by atoms with Crippen molar-refractivity contribution in [1.29, 1.82) is 0 Å². The van der Waals surface area contributed by atoms with E-state index in [1.807, 2.05) is 62.4 Å². The second-order valence-corrected chi connectivity index (χ2v) is 8.69. The molecule has 0 aliphatic heterocycles. The molecule has 1 saturated carbocycles. The highest BCUT2D eigenvalue weighted by atomic mass is 16.5. The van der Waals surface area contributed by atoms with Crippen LogP contribution in [0.4, 0.5) is 0 Å². The van der Waals surface area contributed by atoms with Crippen LogP contribution < -0.4 is 10.1 Å². The Morgan fingerprint density at radius 1 is 1.09 bits per heavy atom. The fraction of sp³-hybridized carbons (Fsp3) is 0.481. The maximum atomic E-state index is 13.3. The summed E-state index contributed by atoms with van der Waals surface area (Å²) in [7, 11) is 0. The number of rotatable bonds is 11. The number of nitrogens with zero attached hydrogens (tertiary/aromatic N) is 1. The Balaban J connectivity index is 1.65. The molecule has 3 rings (SSSR count). The van der Waals surface area contributed by atoms with E-state index in [4.69, 9.17) is 4.74 Å². The lowest BCUT2D eigenvalue weighted by Crippen LogP contribution is -2.50. The normalized spacial score (nSPS) is 14.7. The topological polar surface area (TPSA) is 58.6 Å². The maximum absolute atomic E-state index is 13.3. The summed E-state index contributed by atoms with van der Waals surface area (Å²) in [5, 5.41) is 3.19. The van der Waals surface area contributed by atoms with Gasteiger partial charge in [-0.15, -0.1) is 0 Å². The molecule has 5 heteroatoms. The fourth-order valence-corrected chi connectivity index (χ4v) is 4.37. The summed E-state index contributed by atoms with van der Waals surface area (Å²) in [6.07, 6.45) is 5.95. The van der Waals surface area contributed by atoms with Crippen molar-refractivity contribution >= 4 is 11.8 Å². The summed E-state index contributed by atoms with van der Waals surface area (Å²) < 4.78 is 5.74. The van der Waals surface area contributed by atoms with Crippen LogP contribution in [0.25, 0.3) is 0 Å². The van der Waals surface area contributed by atoms with Gasteiger partial charge in [0.25, 0.3) is 0 Å². The molecule has 0 saturated heterocycles. The first-order chi connectivity index (χ1) is 15.6. The van der Waals surface area contributed by atoms with Crippen molar-refractivity contribution in [2.75, 3.05) is 6.61 Å². The standard InChI is InChI=1S/C27H36N2O3/c1-3-25(27(31)28-23-13-7-8-14-23)29(20-22-12-9-11-21(2)19-22)26(30)17-10-18-32-24-15-5-4-6-16-24/h4-6,9,11-12,15-16,19,23,25H,3,7-8,10,13-14,17-18,20H2,1-2H3,(H,28,31). The highest BCUT2D eigenvalue weighted by molar-refractivity contribution is 5.87. The van der Waals surface area contributed by atoms with Crippen molar-refractivity contribution < 1.29 is 14.3 Å². The molecule has 5 nitrogen and oxygen atoms in total. The second kappa shape index (κ2) is 12.3. The van der Waals surface area contributed by atoms with Crippen LogP contribution in [-0.4, -0.2) is 35.4 Å². The van der Waals surface area contributed by atoms with Gasteiger partial charge in [0.15, 0.2) is 0 Å². The molecule has 1 atom stereocenters.